The summed E-state index contributed by atoms with van der Waals surface area (Å²) < 4.78 is 0. The van der Waals surface area contributed by atoms with Gasteiger partial charge in [-0.1, -0.05) is 29.8 Å². The lowest BCUT2D eigenvalue weighted by atomic mass is 10.0. The Bertz CT molecular complexity index is 534. The molecule has 0 aromatic heterocycles. The number of carbonyl (C=O) groups excluding carboxylic acids is 2. The fraction of sp³-hybridized carbons (Fsp3) is 0.556. The van der Waals surface area contributed by atoms with E-state index in [9.17, 15) is 9.59 Å². The molecule has 2 rings (SSSR count). The van der Waals surface area contributed by atoms with Gasteiger partial charge < -0.3 is 10.2 Å². The number of piperidine rings is 1. The third-order valence-electron chi connectivity index (χ3n) is 4.30. The third kappa shape index (κ3) is 5.54. The number of carbonyl (C=O) groups is 2. The van der Waals surface area contributed by atoms with E-state index in [2.05, 4.69) is 36.5 Å². The smallest absolute Gasteiger partial charge is 0.237 e. The van der Waals surface area contributed by atoms with E-state index in [-0.39, 0.29) is 17.9 Å². The predicted molar refractivity (Wildman–Crippen MR) is 92.6 cm³/mol. The van der Waals surface area contributed by atoms with E-state index < -0.39 is 5.38 Å². The monoisotopic (exact) mass is 336 g/mol. The van der Waals surface area contributed by atoms with Crippen molar-refractivity contribution in [2.24, 2.45) is 0 Å². The minimum atomic E-state index is -0.510. The summed E-state index contributed by atoms with van der Waals surface area (Å²) in [6.45, 7) is 5.13. The molecule has 0 saturated carbocycles. The highest BCUT2D eigenvalue weighted by molar-refractivity contribution is 6.30. The zero-order valence-electron chi connectivity index (χ0n) is 13.8. The number of nitrogens with zero attached hydrogens (tertiary/aromatic N) is 1. The lowest BCUT2D eigenvalue weighted by molar-refractivity contribution is -0.132. The molecular weight excluding hydrogens is 312 g/mol. The van der Waals surface area contributed by atoms with Crippen LogP contribution in [-0.2, 0) is 16.0 Å². The largest absolute Gasteiger partial charge is 0.352 e. The molecule has 1 N–H and O–H groups in total. The molecule has 0 radical (unpaired) electrons. The van der Waals surface area contributed by atoms with Crippen molar-refractivity contribution in [2.45, 2.75) is 50.9 Å². The number of nitrogens with one attached hydrogen (secondary N) is 1. The number of halogens is 1. The van der Waals surface area contributed by atoms with E-state index in [4.69, 9.17) is 11.6 Å². The number of rotatable bonds is 5. The summed E-state index contributed by atoms with van der Waals surface area (Å²) in [5.41, 5.74) is 2.43. The second-order valence-corrected chi connectivity index (χ2v) is 6.92. The Hall–Kier alpha value is -1.55. The second kappa shape index (κ2) is 8.34. The van der Waals surface area contributed by atoms with Crippen molar-refractivity contribution in [3.05, 3.63) is 35.4 Å². The molecule has 0 spiro atoms. The molecule has 0 aliphatic carbocycles. The molecule has 2 amide bonds. The van der Waals surface area contributed by atoms with Crippen molar-refractivity contribution in [2.75, 3.05) is 13.1 Å². The predicted octanol–water partition coefficient (Wildman–Crippen LogP) is 2.66. The molecule has 0 bridgehead atoms. The van der Waals surface area contributed by atoms with Gasteiger partial charge in [0.25, 0.3) is 0 Å². The summed E-state index contributed by atoms with van der Waals surface area (Å²) in [4.78, 5) is 25.8. The van der Waals surface area contributed by atoms with Crippen LogP contribution in [0.1, 0.15) is 37.3 Å². The van der Waals surface area contributed by atoms with E-state index in [1.165, 1.54) is 11.1 Å². The highest BCUT2D eigenvalue weighted by Gasteiger charge is 2.24. The molecule has 1 aliphatic rings. The molecule has 126 valence electrons. The SMILES string of the molecule is Cc1ccc(CCC(=O)N2CCC(NC(=O)C(C)Cl)CC2)cc1. The molecule has 4 nitrogen and oxygen atoms in total. The van der Waals surface area contributed by atoms with Crippen molar-refractivity contribution < 1.29 is 9.59 Å². The lowest BCUT2D eigenvalue weighted by Gasteiger charge is -2.32. The van der Waals surface area contributed by atoms with Gasteiger partial charge in [-0.3, -0.25) is 9.59 Å². The first-order valence-corrected chi connectivity index (χ1v) is 8.67. The van der Waals surface area contributed by atoms with Crippen molar-refractivity contribution in [1.82, 2.24) is 10.2 Å². The first-order chi connectivity index (χ1) is 11.0. The van der Waals surface area contributed by atoms with E-state index in [0.29, 0.717) is 19.5 Å². The molecule has 23 heavy (non-hydrogen) atoms. The van der Waals surface area contributed by atoms with Crippen LogP contribution in [0.4, 0.5) is 0 Å². The van der Waals surface area contributed by atoms with Crippen LogP contribution in [0.25, 0.3) is 0 Å². The number of benzene rings is 1. The molecule has 1 fully saturated rings. The number of alkyl halides is 1. The van der Waals surface area contributed by atoms with Gasteiger partial charge in [-0.05, 0) is 38.7 Å². The Morgan fingerprint density at radius 2 is 1.87 bits per heavy atom. The van der Waals surface area contributed by atoms with Gasteiger partial charge in [0, 0.05) is 25.6 Å². The van der Waals surface area contributed by atoms with Gasteiger partial charge in [-0.2, -0.15) is 0 Å². The summed E-state index contributed by atoms with van der Waals surface area (Å²) >= 11 is 5.76. The number of likely N-dealkylation sites (tertiary alicyclic amines) is 1. The number of hydrogen-bond donors (Lipinski definition) is 1. The van der Waals surface area contributed by atoms with Crippen molar-refractivity contribution in [3.8, 4) is 0 Å². The van der Waals surface area contributed by atoms with E-state index in [1.54, 1.807) is 6.92 Å². The molecule has 1 aromatic rings. The van der Waals surface area contributed by atoms with Crippen molar-refractivity contribution >= 4 is 23.4 Å². The maximum Gasteiger partial charge on any atom is 0.237 e. The maximum atomic E-state index is 12.3. The first kappa shape index (κ1) is 17.8. The lowest BCUT2D eigenvalue weighted by Crippen LogP contribution is -2.47. The normalized spacial score (nSPS) is 16.9. The van der Waals surface area contributed by atoms with Gasteiger partial charge in [0.2, 0.25) is 11.8 Å². The quantitative estimate of drug-likeness (QED) is 0.840. The molecule has 1 atom stereocenters. The van der Waals surface area contributed by atoms with Crippen molar-refractivity contribution in [1.29, 1.82) is 0 Å². The Balaban J connectivity index is 1.73. The summed E-state index contributed by atoms with van der Waals surface area (Å²) in [7, 11) is 0. The van der Waals surface area contributed by atoms with Crippen LogP contribution in [0, 0.1) is 6.92 Å². The zero-order valence-corrected chi connectivity index (χ0v) is 14.6. The van der Waals surface area contributed by atoms with Gasteiger partial charge in [-0.15, -0.1) is 11.6 Å². The van der Waals surface area contributed by atoms with E-state index >= 15 is 0 Å². The first-order valence-electron chi connectivity index (χ1n) is 8.23. The second-order valence-electron chi connectivity index (χ2n) is 6.27. The Morgan fingerprint density at radius 3 is 2.43 bits per heavy atom. The van der Waals surface area contributed by atoms with E-state index in [1.807, 2.05) is 4.90 Å². The van der Waals surface area contributed by atoms with Crippen LogP contribution in [0.2, 0.25) is 0 Å². The van der Waals surface area contributed by atoms with Gasteiger partial charge >= 0.3 is 0 Å². The number of amides is 2. The van der Waals surface area contributed by atoms with Gasteiger partial charge in [-0.25, -0.2) is 0 Å². The van der Waals surface area contributed by atoms with Crippen LogP contribution in [0.15, 0.2) is 24.3 Å². The number of hydrogen-bond acceptors (Lipinski definition) is 2. The Kier molecular flexibility index (Phi) is 6.46. The van der Waals surface area contributed by atoms with E-state index in [0.717, 1.165) is 19.3 Å². The van der Waals surface area contributed by atoms with Gasteiger partial charge in [0.05, 0.1) is 0 Å². The van der Waals surface area contributed by atoms with Gasteiger partial charge in [0.1, 0.15) is 5.38 Å². The molecule has 1 saturated heterocycles. The summed E-state index contributed by atoms with van der Waals surface area (Å²) in [6.07, 6.45) is 2.91. The standard InChI is InChI=1S/C18H25ClN2O2/c1-13-3-5-15(6-4-13)7-8-17(22)21-11-9-16(10-12-21)20-18(23)14(2)19/h3-6,14,16H,7-12H2,1-2H3,(H,20,23). The Labute approximate surface area is 143 Å². The third-order valence-corrected chi connectivity index (χ3v) is 4.50. The summed E-state index contributed by atoms with van der Waals surface area (Å²) in [6, 6.07) is 8.44. The van der Waals surface area contributed by atoms with Gasteiger partial charge in [0.15, 0.2) is 0 Å². The summed E-state index contributed by atoms with van der Waals surface area (Å²) in [5.74, 6) is 0.0666. The zero-order chi connectivity index (χ0) is 16.8. The minimum absolute atomic E-state index is 0.129. The topological polar surface area (TPSA) is 49.4 Å². The summed E-state index contributed by atoms with van der Waals surface area (Å²) in [5, 5.41) is 2.42. The molecule has 1 aliphatic heterocycles. The molecule has 1 aromatic carbocycles. The van der Waals surface area contributed by atoms with Crippen LogP contribution in [0.3, 0.4) is 0 Å². The molecule has 1 unspecified atom stereocenters. The van der Waals surface area contributed by atoms with Crippen LogP contribution in [-0.4, -0.2) is 41.2 Å². The fourth-order valence-corrected chi connectivity index (χ4v) is 2.82. The minimum Gasteiger partial charge on any atom is -0.352 e. The molecule has 5 heteroatoms. The highest BCUT2D eigenvalue weighted by Crippen LogP contribution is 2.14. The average Bonchev–Trinajstić information content (AvgIpc) is 2.54. The average molecular weight is 337 g/mol. The maximum absolute atomic E-state index is 12.3. The van der Waals surface area contributed by atoms with Crippen molar-refractivity contribution in [3.63, 3.8) is 0 Å². The molecular formula is C18H25ClN2O2. The number of aryl methyl sites for hydroxylation is 2. The molecule has 1 heterocycles. The van der Waals surface area contributed by atoms with Crippen LogP contribution >= 0.6 is 11.6 Å². The Morgan fingerprint density at radius 1 is 1.26 bits per heavy atom. The highest BCUT2D eigenvalue weighted by atomic mass is 35.5. The fourth-order valence-electron chi connectivity index (χ4n) is 2.75. The van der Waals surface area contributed by atoms with Crippen LogP contribution < -0.4 is 5.32 Å². The van der Waals surface area contributed by atoms with Crippen LogP contribution in [0.5, 0.6) is 0 Å².